The number of benzene rings is 2. The Bertz CT molecular complexity index is 688. The van der Waals surface area contributed by atoms with Crippen LogP contribution in [0.2, 0.25) is 5.02 Å². The lowest BCUT2D eigenvalue weighted by atomic mass is 10.0. The molecule has 0 saturated heterocycles. The second kappa shape index (κ2) is 4.48. The van der Waals surface area contributed by atoms with Crippen molar-refractivity contribution >= 4 is 22.6 Å². The normalized spacial score (nSPS) is 11.0. The van der Waals surface area contributed by atoms with Crippen LogP contribution in [0.3, 0.4) is 0 Å². The fourth-order valence-electron chi connectivity index (χ4n) is 2.06. The monoisotopic (exact) mass is 256 g/mol. The SMILES string of the molecule is NCc1cc2c(-c3cc[c]cc3)cc(Cl)cc2o1. The van der Waals surface area contributed by atoms with E-state index < -0.39 is 0 Å². The Morgan fingerprint density at radius 3 is 2.67 bits per heavy atom. The minimum atomic E-state index is 0.383. The summed E-state index contributed by atoms with van der Waals surface area (Å²) in [5.74, 6) is 0.760. The van der Waals surface area contributed by atoms with Gasteiger partial charge >= 0.3 is 0 Å². The molecule has 3 rings (SSSR count). The van der Waals surface area contributed by atoms with Gasteiger partial charge < -0.3 is 10.2 Å². The molecular weight excluding hydrogens is 246 g/mol. The van der Waals surface area contributed by atoms with Gasteiger partial charge in [-0.05, 0) is 29.3 Å². The molecule has 1 radical (unpaired) electrons. The van der Waals surface area contributed by atoms with E-state index in [0.717, 1.165) is 27.9 Å². The maximum atomic E-state index is 6.13. The lowest BCUT2D eigenvalue weighted by Gasteiger charge is -2.03. The second-order valence-electron chi connectivity index (χ2n) is 4.07. The van der Waals surface area contributed by atoms with Crippen molar-refractivity contribution in [1.29, 1.82) is 0 Å². The zero-order valence-electron chi connectivity index (χ0n) is 9.61. The van der Waals surface area contributed by atoms with Crippen LogP contribution in [0.25, 0.3) is 22.1 Å². The lowest BCUT2D eigenvalue weighted by Crippen LogP contribution is -1.92. The highest BCUT2D eigenvalue weighted by atomic mass is 35.5. The Hall–Kier alpha value is -1.77. The summed E-state index contributed by atoms with van der Waals surface area (Å²) in [5, 5.41) is 1.69. The van der Waals surface area contributed by atoms with Gasteiger partial charge in [0.15, 0.2) is 0 Å². The molecule has 2 N–H and O–H groups in total. The van der Waals surface area contributed by atoms with Gasteiger partial charge in [-0.25, -0.2) is 0 Å². The molecule has 1 heterocycles. The summed E-state index contributed by atoms with van der Waals surface area (Å²) >= 11 is 6.13. The molecule has 0 amide bonds. The number of fused-ring (bicyclic) bond motifs is 1. The predicted octanol–water partition coefficient (Wildman–Crippen LogP) is 4.01. The van der Waals surface area contributed by atoms with Crippen molar-refractivity contribution in [2.45, 2.75) is 6.54 Å². The third-order valence-electron chi connectivity index (χ3n) is 2.88. The third-order valence-corrected chi connectivity index (χ3v) is 3.10. The lowest BCUT2D eigenvalue weighted by molar-refractivity contribution is 0.552. The van der Waals surface area contributed by atoms with Crippen LogP contribution in [0.4, 0.5) is 0 Å². The van der Waals surface area contributed by atoms with Crippen molar-refractivity contribution in [3.8, 4) is 11.1 Å². The summed E-state index contributed by atoms with van der Waals surface area (Å²) in [5.41, 5.74) is 8.52. The van der Waals surface area contributed by atoms with E-state index >= 15 is 0 Å². The van der Waals surface area contributed by atoms with Gasteiger partial charge in [-0.2, -0.15) is 0 Å². The average Bonchev–Trinajstić information content (AvgIpc) is 2.81. The molecule has 0 unspecified atom stereocenters. The first kappa shape index (κ1) is 11.3. The molecular formula is C15H11ClNO. The molecule has 2 nitrogen and oxygen atoms in total. The van der Waals surface area contributed by atoms with Crippen LogP contribution >= 0.6 is 11.6 Å². The summed E-state index contributed by atoms with van der Waals surface area (Å²) < 4.78 is 5.64. The highest BCUT2D eigenvalue weighted by Crippen LogP contribution is 2.33. The Kier molecular flexibility index (Phi) is 2.82. The maximum absolute atomic E-state index is 6.13. The van der Waals surface area contributed by atoms with Gasteiger partial charge in [0.05, 0.1) is 6.54 Å². The zero-order chi connectivity index (χ0) is 12.5. The number of hydrogen-bond donors (Lipinski definition) is 1. The van der Waals surface area contributed by atoms with Crippen molar-refractivity contribution in [2.75, 3.05) is 0 Å². The summed E-state index contributed by atoms with van der Waals surface area (Å²) in [7, 11) is 0. The van der Waals surface area contributed by atoms with Gasteiger partial charge in [-0.3, -0.25) is 0 Å². The van der Waals surface area contributed by atoms with Crippen LogP contribution in [0.15, 0.2) is 46.9 Å². The Morgan fingerprint density at radius 1 is 1.17 bits per heavy atom. The first-order valence-electron chi connectivity index (χ1n) is 5.66. The van der Waals surface area contributed by atoms with Gasteiger partial charge in [-0.1, -0.05) is 35.9 Å². The molecule has 0 aliphatic rings. The largest absolute Gasteiger partial charge is 0.460 e. The number of nitrogens with two attached hydrogens (primary N) is 1. The molecule has 2 aromatic carbocycles. The van der Waals surface area contributed by atoms with Gasteiger partial charge in [-0.15, -0.1) is 0 Å². The summed E-state index contributed by atoms with van der Waals surface area (Å²) in [4.78, 5) is 0. The van der Waals surface area contributed by atoms with Crippen molar-refractivity contribution in [3.63, 3.8) is 0 Å². The van der Waals surface area contributed by atoms with Crippen molar-refractivity contribution in [1.82, 2.24) is 0 Å². The number of rotatable bonds is 2. The van der Waals surface area contributed by atoms with E-state index in [4.69, 9.17) is 21.8 Å². The Morgan fingerprint density at radius 2 is 1.94 bits per heavy atom. The van der Waals surface area contributed by atoms with E-state index in [-0.39, 0.29) is 0 Å². The molecule has 0 bridgehead atoms. The zero-order valence-corrected chi connectivity index (χ0v) is 10.4. The molecule has 1 aromatic heterocycles. The highest BCUT2D eigenvalue weighted by Gasteiger charge is 2.10. The molecule has 18 heavy (non-hydrogen) atoms. The maximum Gasteiger partial charge on any atom is 0.136 e. The van der Waals surface area contributed by atoms with E-state index in [9.17, 15) is 0 Å². The molecule has 0 saturated carbocycles. The van der Waals surface area contributed by atoms with E-state index in [1.54, 1.807) is 0 Å². The summed E-state index contributed by atoms with van der Waals surface area (Å²) in [6.07, 6.45) is 0. The fourth-order valence-corrected chi connectivity index (χ4v) is 2.27. The minimum absolute atomic E-state index is 0.383. The number of halogens is 1. The van der Waals surface area contributed by atoms with E-state index in [0.29, 0.717) is 11.6 Å². The fraction of sp³-hybridized carbons (Fsp3) is 0.0667. The molecule has 89 valence electrons. The quantitative estimate of drug-likeness (QED) is 0.752. The number of furan rings is 1. The second-order valence-corrected chi connectivity index (χ2v) is 4.51. The van der Waals surface area contributed by atoms with E-state index in [1.165, 1.54) is 0 Å². The molecule has 0 fully saturated rings. The average molecular weight is 257 g/mol. The first-order chi connectivity index (χ1) is 8.78. The van der Waals surface area contributed by atoms with Crippen LogP contribution in [0.5, 0.6) is 0 Å². The molecule has 0 atom stereocenters. The Labute approximate surface area is 110 Å². The standard InChI is InChI=1S/C15H11ClNO/c16-11-6-13(10-4-2-1-3-5-10)14-8-12(9-17)18-15(14)7-11/h2-8H,9,17H2. The summed E-state index contributed by atoms with van der Waals surface area (Å²) in [6, 6.07) is 16.5. The van der Waals surface area contributed by atoms with Gasteiger partial charge in [0, 0.05) is 16.5 Å². The smallest absolute Gasteiger partial charge is 0.136 e. The number of hydrogen-bond acceptors (Lipinski definition) is 2. The van der Waals surface area contributed by atoms with Gasteiger partial charge in [0.2, 0.25) is 0 Å². The van der Waals surface area contributed by atoms with Crippen molar-refractivity contribution in [2.24, 2.45) is 5.73 Å². The van der Waals surface area contributed by atoms with Crippen LogP contribution in [-0.4, -0.2) is 0 Å². The van der Waals surface area contributed by atoms with E-state index in [2.05, 4.69) is 6.07 Å². The molecule has 3 heteroatoms. The molecule has 0 aliphatic heterocycles. The van der Waals surface area contributed by atoms with Crippen LogP contribution in [-0.2, 0) is 6.54 Å². The van der Waals surface area contributed by atoms with Crippen LogP contribution in [0.1, 0.15) is 5.76 Å². The van der Waals surface area contributed by atoms with Gasteiger partial charge in [0.1, 0.15) is 11.3 Å². The minimum Gasteiger partial charge on any atom is -0.460 e. The van der Waals surface area contributed by atoms with Crippen molar-refractivity contribution < 1.29 is 4.42 Å². The van der Waals surface area contributed by atoms with Crippen LogP contribution < -0.4 is 5.73 Å². The van der Waals surface area contributed by atoms with E-state index in [1.807, 2.05) is 42.5 Å². The molecule has 0 aliphatic carbocycles. The predicted molar refractivity (Wildman–Crippen MR) is 73.4 cm³/mol. The van der Waals surface area contributed by atoms with Gasteiger partial charge in [0.25, 0.3) is 0 Å². The van der Waals surface area contributed by atoms with Crippen LogP contribution in [0, 0.1) is 6.07 Å². The Balaban J connectivity index is 2.30. The molecule has 3 aromatic rings. The first-order valence-corrected chi connectivity index (χ1v) is 6.04. The molecule has 0 spiro atoms. The third kappa shape index (κ3) is 1.90. The topological polar surface area (TPSA) is 39.2 Å². The highest BCUT2D eigenvalue weighted by molar-refractivity contribution is 6.31. The summed E-state index contributed by atoms with van der Waals surface area (Å²) in [6.45, 7) is 0.383. The van der Waals surface area contributed by atoms with Crippen molar-refractivity contribution in [3.05, 3.63) is 59.3 Å².